The number of ether oxygens (including phenoxy) is 2. The third-order valence-electron chi connectivity index (χ3n) is 5.17. The fourth-order valence-corrected chi connectivity index (χ4v) is 3.60. The first-order chi connectivity index (χ1) is 14.1. The maximum absolute atomic E-state index is 12.4. The minimum atomic E-state index is -0.616. The van der Waals surface area contributed by atoms with Crippen LogP contribution in [0, 0.1) is 0 Å². The first-order valence-corrected chi connectivity index (χ1v) is 10.0. The van der Waals surface area contributed by atoms with Crippen LogP contribution in [0.1, 0.15) is 25.7 Å². The smallest absolute Gasteiger partial charge is 0.319 e. The van der Waals surface area contributed by atoms with Crippen LogP contribution in [0.3, 0.4) is 0 Å². The molecule has 1 saturated heterocycles. The van der Waals surface area contributed by atoms with Crippen LogP contribution in [-0.4, -0.2) is 67.0 Å². The van der Waals surface area contributed by atoms with E-state index in [0.29, 0.717) is 11.4 Å². The molecule has 3 amide bonds. The number of urea groups is 1. The summed E-state index contributed by atoms with van der Waals surface area (Å²) in [6.45, 7) is 1.34. The number of anilines is 1. The summed E-state index contributed by atoms with van der Waals surface area (Å²) in [7, 11) is 1.56. The highest BCUT2D eigenvalue weighted by Crippen LogP contribution is 2.19. The van der Waals surface area contributed by atoms with E-state index in [1.807, 2.05) is 4.90 Å². The van der Waals surface area contributed by atoms with Crippen molar-refractivity contribution >= 4 is 17.6 Å². The Labute approximate surface area is 170 Å². The van der Waals surface area contributed by atoms with Gasteiger partial charge in [0, 0.05) is 24.8 Å². The van der Waals surface area contributed by atoms with Gasteiger partial charge in [0.05, 0.1) is 32.3 Å². The number of rotatable bonds is 6. The van der Waals surface area contributed by atoms with Crippen molar-refractivity contribution in [3.8, 4) is 5.75 Å². The Hall–Kier alpha value is -2.58. The zero-order chi connectivity index (χ0) is 20.6. The zero-order valence-electron chi connectivity index (χ0n) is 16.7. The van der Waals surface area contributed by atoms with Gasteiger partial charge in [-0.15, -0.1) is 0 Å². The number of piperidine rings is 1. The number of aliphatic hydroxyl groups excluding tert-OH is 1. The van der Waals surface area contributed by atoms with Crippen LogP contribution in [0.5, 0.6) is 5.75 Å². The number of carbonyl (C=O) groups excluding carboxylic acids is 2. The van der Waals surface area contributed by atoms with Gasteiger partial charge in [0.2, 0.25) is 5.91 Å². The quantitative estimate of drug-likeness (QED) is 0.630. The highest BCUT2D eigenvalue weighted by atomic mass is 16.5. The Morgan fingerprint density at radius 2 is 2.03 bits per heavy atom. The number of likely N-dealkylation sites (tertiary alicyclic amines) is 1. The summed E-state index contributed by atoms with van der Waals surface area (Å²) >= 11 is 0. The maximum atomic E-state index is 12.4. The molecule has 8 heteroatoms. The number of carbonyl (C=O) groups is 2. The number of hydrogen-bond acceptors (Lipinski definition) is 5. The number of methoxy groups -OCH3 is 1. The van der Waals surface area contributed by atoms with Gasteiger partial charge in [-0.1, -0.05) is 18.2 Å². The van der Waals surface area contributed by atoms with E-state index in [-0.39, 0.29) is 18.9 Å². The van der Waals surface area contributed by atoms with Crippen molar-refractivity contribution in [2.45, 2.75) is 43.9 Å². The van der Waals surface area contributed by atoms with Gasteiger partial charge < -0.3 is 30.1 Å². The van der Waals surface area contributed by atoms with Crippen LogP contribution < -0.4 is 15.4 Å². The largest absolute Gasteiger partial charge is 0.497 e. The molecule has 158 valence electrons. The SMILES string of the molecule is COc1cccc(NC(=O)N[C@@H]2C=C[C@H](CC(=O)N3CCCCC3)O[C@@H]2CO)c1. The summed E-state index contributed by atoms with van der Waals surface area (Å²) < 4.78 is 11.0. The van der Waals surface area contributed by atoms with Gasteiger partial charge in [-0.3, -0.25) is 4.79 Å². The van der Waals surface area contributed by atoms with Crippen LogP contribution >= 0.6 is 0 Å². The number of hydrogen-bond donors (Lipinski definition) is 3. The lowest BCUT2D eigenvalue weighted by atomic mass is 10.0. The Bertz CT molecular complexity index is 733. The predicted molar refractivity (Wildman–Crippen MR) is 109 cm³/mol. The third kappa shape index (κ3) is 5.95. The molecule has 1 aromatic rings. The van der Waals surface area contributed by atoms with Crippen LogP contribution in [0.4, 0.5) is 10.5 Å². The van der Waals surface area contributed by atoms with E-state index >= 15 is 0 Å². The molecule has 2 heterocycles. The van der Waals surface area contributed by atoms with Crippen LogP contribution in [-0.2, 0) is 9.53 Å². The fraction of sp³-hybridized carbons (Fsp3) is 0.524. The lowest BCUT2D eigenvalue weighted by Gasteiger charge is -2.33. The number of nitrogens with zero attached hydrogens (tertiary/aromatic N) is 1. The Balaban J connectivity index is 1.53. The number of nitrogens with one attached hydrogen (secondary N) is 2. The molecule has 3 rings (SSSR count). The second kappa shape index (κ2) is 10.3. The summed E-state index contributed by atoms with van der Waals surface area (Å²) in [5.41, 5.74) is 0.591. The van der Waals surface area contributed by atoms with Gasteiger partial charge >= 0.3 is 6.03 Å². The average molecular weight is 403 g/mol. The van der Waals surface area contributed by atoms with Crippen molar-refractivity contribution in [3.05, 3.63) is 36.4 Å². The van der Waals surface area contributed by atoms with Gasteiger partial charge in [-0.2, -0.15) is 0 Å². The van der Waals surface area contributed by atoms with Crippen molar-refractivity contribution in [2.24, 2.45) is 0 Å². The summed E-state index contributed by atoms with van der Waals surface area (Å²) in [5, 5.41) is 15.2. The molecule has 0 bridgehead atoms. The topological polar surface area (TPSA) is 100 Å². The van der Waals surface area contributed by atoms with Crippen molar-refractivity contribution < 1.29 is 24.2 Å². The first kappa shape index (κ1) is 21.1. The van der Waals surface area contributed by atoms with Gasteiger partial charge in [0.1, 0.15) is 11.9 Å². The molecule has 29 heavy (non-hydrogen) atoms. The minimum absolute atomic E-state index is 0.0678. The Morgan fingerprint density at radius 1 is 1.24 bits per heavy atom. The molecule has 1 aromatic carbocycles. The monoisotopic (exact) mass is 403 g/mol. The normalized spacial score (nSPS) is 24.1. The van der Waals surface area contributed by atoms with E-state index in [0.717, 1.165) is 25.9 Å². The van der Waals surface area contributed by atoms with E-state index in [9.17, 15) is 14.7 Å². The summed E-state index contributed by atoms with van der Waals surface area (Å²) in [6, 6.07) is 6.11. The molecule has 0 aromatic heterocycles. The second-order valence-electron chi connectivity index (χ2n) is 7.28. The highest BCUT2D eigenvalue weighted by molar-refractivity contribution is 5.89. The Kier molecular flexibility index (Phi) is 7.48. The van der Waals surface area contributed by atoms with Crippen molar-refractivity contribution in [1.29, 1.82) is 0 Å². The van der Waals surface area contributed by atoms with E-state index in [1.165, 1.54) is 6.42 Å². The molecule has 8 nitrogen and oxygen atoms in total. The number of aliphatic hydroxyl groups is 1. The molecule has 0 radical (unpaired) electrons. The lowest BCUT2D eigenvalue weighted by Crippen LogP contribution is -2.50. The minimum Gasteiger partial charge on any atom is -0.497 e. The number of amides is 3. The molecule has 2 aliphatic rings. The standard InChI is InChI=1S/C21H29N3O5/c1-28-16-7-5-6-15(12-16)22-21(27)23-18-9-8-17(29-19(18)14-25)13-20(26)24-10-3-2-4-11-24/h5-9,12,17-19,25H,2-4,10-11,13-14H2,1H3,(H2,22,23,27)/t17-,18-,19-/m1/s1. The fourth-order valence-electron chi connectivity index (χ4n) is 3.60. The molecule has 0 spiro atoms. The molecule has 0 aliphatic carbocycles. The number of benzene rings is 1. The average Bonchev–Trinajstić information content (AvgIpc) is 2.75. The van der Waals surface area contributed by atoms with E-state index in [2.05, 4.69) is 10.6 Å². The van der Waals surface area contributed by atoms with Crippen LogP contribution in [0.15, 0.2) is 36.4 Å². The molecule has 2 aliphatic heterocycles. The molecule has 1 fully saturated rings. The highest BCUT2D eigenvalue weighted by Gasteiger charge is 2.30. The summed E-state index contributed by atoms with van der Waals surface area (Å²) in [5.74, 6) is 0.705. The molecule has 0 saturated carbocycles. The van der Waals surface area contributed by atoms with Gasteiger partial charge in [0.25, 0.3) is 0 Å². The van der Waals surface area contributed by atoms with Gasteiger partial charge in [0.15, 0.2) is 0 Å². The molecule has 3 N–H and O–H groups in total. The first-order valence-electron chi connectivity index (χ1n) is 10.0. The zero-order valence-corrected chi connectivity index (χ0v) is 16.7. The molecule has 3 atom stereocenters. The molecule has 0 unspecified atom stereocenters. The summed E-state index contributed by atoms with van der Waals surface area (Å²) in [4.78, 5) is 26.6. The maximum Gasteiger partial charge on any atom is 0.319 e. The van der Waals surface area contributed by atoms with E-state index in [1.54, 1.807) is 43.5 Å². The van der Waals surface area contributed by atoms with Crippen molar-refractivity contribution in [1.82, 2.24) is 10.2 Å². The molecular weight excluding hydrogens is 374 g/mol. The van der Waals surface area contributed by atoms with E-state index < -0.39 is 24.3 Å². The van der Waals surface area contributed by atoms with Crippen molar-refractivity contribution in [3.63, 3.8) is 0 Å². The van der Waals surface area contributed by atoms with Crippen LogP contribution in [0.25, 0.3) is 0 Å². The second-order valence-corrected chi connectivity index (χ2v) is 7.28. The predicted octanol–water partition coefficient (Wildman–Crippen LogP) is 1.90. The van der Waals surface area contributed by atoms with Gasteiger partial charge in [-0.25, -0.2) is 4.79 Å². The van der Waals surface area contributed by atoms with E-state index in [4.69, 9.17) is 9.47 Å². The van der Waals surface area contributed by atoms with Crippen molar-refractivity contribution in [2.75, 3.05) is 32.1 Å². The molecular formula is C21H29N3O5. The lowest BCUT2D eigenvalue weighted by molar-refractivity contribution is -0.136. The summed E-state index contributed by atoms with van der Waals surface area (Å²) in [6.07, 6.45) is 6.04. The third-order valence-corrected chi connectivity index (χ3v) is 5.17. The van der Waals surface area contributed by atoms with Crippen LogP contribution in [0.2, 0.25) is 0 Å². The Morgan fingerprint density at radius 3 is 2.76 bits per heavy atom. The van der Waals surface area contributed by atoms with Gasteiger partial charge in [-0.05, 0) is 31.4 Å².